The molecular weight excluding hydrogens is 399 g/mol. The van der Waals surface area contributed by atoms with Crippen LogP contribution in [0.4, 0.5) is 15.8 Å². The number of hydrogen-bond donors (Lipinski definition) is 1. The van der Waals surface area contributed by atoms with Crippen molar-refractivity contribution in [1.29, 1.82) is 0 Å². The van der Waals surface area contributed by atoms with Crippen LogP contribution >= 0.6 is 11.8 Å². The first-order valence-electron chi connectivity index (χ1n) is 10.5. The maximum Gasteiger partial charge on any atom is 0.238 e. The van der Waals surface area contributed by atoms with E-state index in [1.807, 2.05) is 31.2 Å². The predicted octanol–water partition coefficient (Wildman–Crippen LogP) is 6.07. The summed E-state index contributed by atoms with van der Waals surface area (Å²) in [4.78, 5) is 26.9. The van der Waals surface area contributed by atoms with E-state index in [0.29, 0.717) is 17.0 Å². The van der Waals surface area contributed by atoms with Crippen LogP contribution in [-0.4, -0.2) is 17.6 Å². The fourth-order valence-corrected chi connectivity index (χ4v) is 4.83. The molecule has 1 saturated heterocycles. The first-order valence-corrected chi connectivity index (χ1v) is 11.6. The van der Waals surface area contributed by atoms with Crippen molar-refractivity contribution >= 4 is 35.0 Å². The van der Waals surface area contributed by atoms with E-state index in [9.17, 15) is 14.0 Å². The quantitative estimate of drug-likeness (QED) is 0.555. The highest BCUT2D eigenvalue weighted by Crippen LogP contribution is 2.42. The Balaban J connectivity index is 1.81. The smallest absolute Gasteiger partial charge is 0.238 e. The van der Waals surface area contributed by atoms with Gasteiger partial charge in [-0.2, -0.15) is 0 Å². The van der Waals surface area contributed by atoms with Crippen molar-refractivity contribution in [3.8, 4) is 0 Å². The Kier molecular flexibility index (Phi) is 7.53. The van der Waals surface area contributed by atoms with Crippen LogP contribution in [0.15, 0.2) is 42.5 Å². The van der Waals surface area contributed by atoms with Gasteiger partial charge < -0.3 is 5.32 Å². The van der Waals surface area contributed by atoms with Crippen LogP contribution in [0.25, 0.3) is 0 Å². The summed E-state index contributed by atoms with van der Waals surface area (Å²) in [5, 5.41) is 2.79. The summed E-state index contributed by atoms with van der Waals surface area (Å²) in [5.41, 5.74) is 2.74. The summed E-state index contributed by atoms with van der Waals surface area (Å²) in [6.45, 7) is 5.86. The lowest BCUT2D eigenvalue weighted by Crippen LogP contribution is -2.28. The molecule has 1 N–H and O–H groups in total. The maximum atomic E-state index is 14.1. The highest BCUT2D eigenvalue weighted by molar-refractivity contribution is 8.00. The molecular formula is C24H29FN2O2S. The molecule has 1 aliphatic rings. The van der Waals surface area contributed by atoms with Gasteiger partial charge in [0.2, 0.25) is 11.8 Å². The molecule has 0 bridgehead atoms. The van der Waals surface area contributed by atoms with Crippen LogP contribution in [0.1, 0.15) is 56.0 Å². The SMILES string of the molecule is CCCC[C@@H](CC)C(=O)Nc1cccc([C@H]2SCC(=O)N2c2ccc(C)c(F)c2)c1. The number of benzene rings is 2. The van der Waals surface area contributed by atoms with Crippen molar-refractivity contribution in [2.45, 2.75) is 51.8 Å². The molecule has 0 aliphatic carbocycles. The number of anilines is 2. The van der Waals surface area contributed by atoms with E-state index in [-0.39, 0.29) is 28.9 Å². The summed E-state index contributed by atoms with van der Waals surface area (Å²) in [7, 11) is 0. The van der Waals surface area contributed by atoms with Gasteiger partial charge in [0.25, 0.3) is 0 Å². The van der Waals surface area contributed by atoms with Crippen LogP contribution in [0.2, 0.25) is 0 Å². The van der Waals surface area contributed by atoms with Gasteiger partial charge in [0.15, 0.2) is 0 Å². The molecule has 1 aliphatic heterocycles. The molecule has 0 unspecified atom stereocenters. The summed E-state index contributed by atoms with van der Waals surface area (Å²) >= 11 is 1.51. The predicted molar refractivity (Wildman–Crippen MR) is 122 cm³/mol. The molecule has 0 radical (unpaired) electrons. The second-order valence-electron chi connectivity index (χ2n) is 7.72. The number of hydrogen-bond acceptors (Lipinski definition) is 3. The monoisotopic (exact) mass is 428 g/mol. The van der Waals surface area contributed by atoms with Crippen molar-refractivity contribution in [3.63, 3.8) is 0 Å². The van der Waals surface area contributed by atoms with Gasteiger partial charge in [-0.15, -0.1) is 11.8 Å². The number of carbonyl (C=O) groups excluding carboxylic acids is 2. The van der Waals surface area contributed by atoms with Crippen LogP contribution in [0, 0.1) is 18.7 Å². The normalized spacial score (nSPS) is 17.3. The van der Waals surface area contributed by atoms with Gasteiger partial charge in [-0.05, 0) is 55.2 Å². The van der Waals surface area contributed by atoms with Gasteiger partial charge in [-0.1, -0.05) is 44.9 Å². The third kappa shape index (κ3) is 5.04. The molecule has 0 saturated carbocycles. The number of halogens is 1. The average molecular weight is 429 g/mol. The second kappa shape index (κ2) is 10.1. The fourth-order valence-electron chi connectivity index (χ4n) is 3.67. The Hall–Kier alpha value is -2.34. The van der Waals surface area contributed by atoms with Crippen molar-refractivity contribution < 1.29 is 14.0 Å². The van der Waals surface area contributed by atoms with Crippen LogP contribution in [0.5, 0.6) is 0 Å². The van der Waals surface area contributed by atoms with Gasteiger partial charge in [0.1, 0.15) is 11.2 Å². The molecule has 160 valence electrons. The third-order valence-electron chi connectivity index (χ3n) is 5.51. The van der Waals surface area contributed by atoms with Crippen molar-refractivity contribution in [1.82, 2.24) is 0 Å². The number of thioether (sulfide) groups is 1. The van der Waals surface area contributed by atoms with E-state index in [1.54, 1.807) is 24.0 Å². The minimum absolute atomic E-state index is 0.00284. The minimum Gasteiger partial charge on any atom is -0.326 e. The molecule has 0 spiro atoms. The van der Waals surface area contributed by atoms with Crippen molar-refractivity contribution in [3.05, 3.63) is 59.4 Å². The first kappa shape index (κ1) is 22.3. The largest absolute Gasteiger partial charge is 0.326 e. The van der Waals surface area contributed by atoms with E-state index in [2.05, 4.69) is 12.2 Å². The molecule has 2 amide bonds. The maximum absolute atomic E-state index is 14.1. The van der Waals surface area contributed by atoms with E-state index in [1.165, 1.54) is 17.8 Å². The topological polar surface area (TPSA) is 49.4 Å². The highest BCUT2D eigenvalue weighted by atomic mass is 32.2. The zero-order valence-corrected chi connectivity index (χ0v) is 18.6. The Morgan fingerprint density at radius 1 is 1.27 bits per heavy atom. The molecule has 2 aromatic rings. The van der Waals surface area contributed by atoms with Gasteiger partial charge in [0, 0.05) is 17.3 Å². The molecule has 4 nitrogen and oxygen atoms in total. The average Bonchev–Trinajstić information content (AvgIpc) is 3.12. The lowest BCUT2D eigenvalue weighted by Gasteiger charge is -2.25. The molecule has 2 aromatic carbocycles. The summed E-state index contributed by atoms with van der Waals surface area (Å²) in [6, 6.07) is 12.5. The van der Waals surface area contributed by atoms with Crippen molar-refractivity contribution in [2.75, 3.05) is 16.0 Å². The van der Waals surface area contributed by atoms with Crippen LogP contribution in [-0.2, 0) is 9.59 Å². The van der Waals surface area contributed by atoms with Gasteiger partial charge >= 0.3 is 0 Å². The molecule has 1 heterocycles. The number of aryl methyl sites for hydroxylation is 1. The molecule has 1 fully saturated rings. The van der Waals surface area contributed by atoms with Crippen LogP contribution in [0.3, 0.4) is 0 Å². The summed E-state index contributed by atoms with van der Waals surface area (Å²) in [6.07, 6.45) is 3.81. The number of nitrogens with zero attached hydrogens (tertiary/aromatic N) is 1. The Morgan fingerprint density at radius 2 is 2.07 bits per heavy atom. The fraction of sp³-hybridized carbons (Fsp3) is 0.417. The van der Waals surface area contributed by atoms with Gasteiger partial charge in [-0.3, -0.25) is 14.5 Å². The number of amides is 2. The number of unbranched alkanes of at least 4 members (excludes halogenated alkanes) is 1. The minimum atomic E-state index is -0.324. The third-order valence-corrected chi connectivity index (χ3v) is 6.72. The van der Waals surface area contributed by atoms with E-state index in [0.717, 1.165) is 36.9 Å². The first-order chi connectivity index (χ1) is 14.4. The second-order valence-corrected chi connectivity index (χ2v) is 8.79. The molecule has 0 aromatic heterocycles. The molecule has 30 heavy (non-hydrogen) atoms. The van der Waals surface area contributed by atoms with Crippen molar-refractivity contribution in [2.24, 2.45) is 5.92 Å². The summed E-state index contributed by atoms with van der Waals surface area (Å²) in [5.74, 6) is 0.00724. The zero-order chi connectivity index (χ0) is 21.7. The summed E-state index contributed by atoms with van der Waals surface area (Å²) < 4.78 is 14.1. The molecule has 6 heteroatoms. The van der Waals surface area contributed by atoms with Crippen LogP contribution < -0.4 is 10.2 Å². The van der Waals surface area contributed by atoms with Gasteiger partial charge in [0.05, 0.1) is 5.75 Å². The molecule has 2 atom stereocenters. The number of rotatable bonds is 8. The Morgan fingerprint density at radius 3 is 2.77 bits per heavy atom. The Labute approximate surface area is 182 Å². The lowest BCUT2D eigenvalue weighted by atomic mass is 9.98. The highest BCUT2D eigenvalue weighted by Gasteiger charge is 2.34. The number of nitrogens with one attached hydrogen (secondary N) is 1. The van der Waals surface area contributed by atoms with Gasteiger partial charge in [-0.25, -0.2) is 4.39 Å². The van der Waals surface area contributed by atoms with E-state index >= 15 is 0 Å². The van der Waals surface area contributed by atoms with E-state index < -0.39 is 0 Å². The zero-order valence-electron chi connectivity index (χ0n) is 17.8. The lowest BCUT2D eigenvalue weighted by molar-refractivity contribution is -0.120. The standard InChI is InChI=1S/C24H29FN2O2S/c1-4-6-8-17(5-2)23(29)26-19-10-7-9-18(13-19)24-27(22(28)15-30-24)20-12-11-16(3)21(25)14-20/h7,9-14,17,24H,4-6,8,15H2,1-3H3,(H,26,29)/t17-,24-/m1/s1. The Bertz CT molecular complexity index is 918. The van der Waals surface area contributed by atoms with E-state index in [4.69, 9.17) is 0 Å². The number of carbonyl (C=O) groups is 2. The molecule has 3 rings (SSSR count).